The lowest BCUT2D eigenvalue weighted by Crippen LogP contribution is -2.46. The maximum Gasteiger partial charge on any atom is 0.339 e. The number of ether oxygens (including phenoxy) is 1. The van der Waals surface area contributed by atoms with Gasteiger partial charge >= 0.3 is 5.97 Å². The Morgan fingerprint density at radius 1 is 1.25 bits per heavy atom. The number of sulfone groups is 1. The standard InChI is InChI=1S/C24H30N2O5S/c1-4-26(17-11-12-32(29,30)14-17)23(27)16(3)31-24(28)22-18-7-5-6-8-20(18)25-21-10-9-15(2)13-19(21)22/h9-10,13,16-17H,4-8,11-12,14H2,1-3H3/t16-,17-/m1/s1. The molecule has 1 amide bonds. The van der Waals surface area contributed by atoms with Crippen LogP contribution in [-0.2, 0) is 32.2 Å². The van der Waals surface area contributed by atoms with Crippen LogP contribution in [0.4, 0.5) is 0 Å². The van der Waals surface area contributed by atoms with Crippen molar-refractivity contribution in [3.05, 3.63) is 40.6 Å². The molecule has 1 aromatic carbocycles. The van der Waals surface area contributed by atoms with E-state index in [4.69, 9.17) is 9.72 Å². The minimum Gasteiger partial charge on any atom is -0.449 e. The smallest absolute Gasteiger partial charge is 0.339 e. The number of hydrogen-bond donors (Lipinski definition) is 0. The van der Waals surface area contributed by atoms with Crippen molar-refractivity contribution in [2.24, 2.45) is 0 Å². The van der Waals surface area contributed by atoms with E-state index in [1.54, 1.807) is 6.92 Å². The number of fused-ring (bicyclic) bond motifs is 2. The van der Waals surface area contributed by atoms with Gasteiger partial charge in [-0.25, -0.2) is 13.2 Å². The highest BCUT2D eigenvalue weighted by Gasteiger charge is 2.36. The lowest BCUT2D eigenvalue weighted by Gasteiger charge is -2.29. The number of aromatic nitrogens is 1. The van der Waals surface area contributed by atoms with Crippen molar-refractivity contribution < 1.29 is 22.7 Å². The van der Waals surface area contributed by atoms with Crippen molar-refractivity contribution >= 4 is 32.6 Å². The summed E-state index contributed by atoms with van der Waals surface area (Å²) in [6.45, 7) is 5.71. The Hall–Kier alpha value is -2.48. The highest BCUT2D eigenvalue weighted by atomic mass is 32.2. The minimum absolute atomic E-state index is 0.0327. The summed E-state index contributed by atoms with van der Waals surface area (Å²) in [4.78, 5) is 32.8. The molecule has 0 bridgehead atoms. The quantitative estimate of drug-likeness (QED) is 0.640. The highest BCUT2D eigenvalue weighted by molar-refractivity contribution is 7.91. The summed E-state index contributed by atoms with van der Waals surface area (Å²) in [6.07, 6.45) is 3.03. The Bertz CT molecular complexity index is 1170. The van der Waals surface area contributed by atoms with Crippen molar-refractivity contribution in [3.8, 4) is 0 Å². The molecule has 0 saturated carbocycles. The second-order valence-corrected chi connectivity index (χ2v) is 11.1. The second kappa shape index (κ2) is 8.81. The second-order valence-electron chi connectivity index (χ2n) is 8.87. The molecule has 172 valence electrons. The van der Waals surface area contributed by atoms with Gasteiger partial charge in [-0.2, -0.15) is 0 Å². The van der Waals surface area contributed by atoms with E-state index < -0.39 is 21.9 Å². The van der Waals surface area contributed by atoms with Gasteiger partial charge in [-0.05, 0) is 70.6 Å². The van der Waals surface area contributed by atoms with E-state index in [1.165, 1.54) is 4.90 Å². The first-order valence-corrected chi connectivity index (χ1v) is 13.2. The monoisotopic (exact) mass is 458 g/mol. The number of nitrogens with zero attached hydrogens (tertiary/aromatic N) is 2. The Morgan fingerprint density at radius 2 is 2.00 bits per heavy atom. The molecule has 1 aliphatic heterocycles. The van der Waals surface area contributed by atoms with Crippen LogP contribution in [0.15, 0.2) is 18.2 Å². The van der Waals surface area contributed by atoms with Gasteiger partial charge in [0.25, 0.3) is 5.91 Å². The SMILES string of the molecule is CCN(C(=O)[C@@H](C)OC(=O)c1c2c(nc3ccc(C)cc13)CCCC2)[C@@H]1CCS(=O)(=O)C1. The number of likely N-dealkylation sites (N-methyl/N-ethyl adjacent to an activating group) is 1. The summed E-state index contributed by atoms with van der Waals surface area (Å²) in [5.41, 5.74) is 4.15. The first-order valence-electron chi connectivity index (χ1n) is 11.3. The number of pyridine rings is 1. The predicted molar refractivity (Wildman–Crippen MR) is 122 cm³/mol. The summed E-state index contributed by atoms with van der Waals surface area (Å²) in [7, 11) is -3.12. The van der Waals surface area contributed by atoms with Crippen molar-refractivity contribution in [2.75, 3.05) is 18.1 Å². The number of amides is 1. The molecule has 1 fully saturated rings. The van der Waals surface area contributed by atoms with Crippen molar-refractivity contribution in [1.29, 1.82) is 0 Å². The van der Waals surface area contributed by atoms with Crippen LogP contribution < -0.4 is 0 Å². The first kappa shape index (κ1) is 22.7. The summed E-state index contributed by atoms with van der Waals surface area (Å²) in [5, 5.41) is 0.754. The van der Waals surface area contributed by atoms with Gasteiger partial charge in [-0.15, -0.1) is 0 Å². The molecule has 0 spiro atoms. The predicted octanol–water partition coefficient (Wildman–Crippen LogP) is 3.00. The fourth-order valence-electron chi connectivity index (χ4n) is 4.89. The number of aryl methyl sites for hydroxylation is 2. The number of hydrogen-bond acceptors (Lipinski definition) is 6. The fourth-order valence-corrected chi connectivity index (χ4v) is 6.62. The van der Waals surface area contributed by atoms with Gasteiger partial charge in [0.1, 0.15) is 0 Å². The maximum atomic E-state index is 13.4. The Balaban J connectivity index is 1.62. The van der Waals surface area contributed by atoms with Gasteiger partial charge < -0.3 is 9.64 Å². The molecular formula is C24H30N2O5S. The zero-order chi connectivity index (χ0) is 23.0. The highest BCUT2D eigenvalue weighted by Crippen LogP contribution is 2.31. The van der Waals surface area contributed by atoms with Gasteiger partial charge in [0, 0.05) is 23.7 Å². The van der Waals surface area contributed by atoms with E-state index in [9.17, 15) is 18.0 Å². The first-order chi connectivity index (χ1) is 15.2. The molecule has 0 radical (unpaired) electrons. The van der Waals surface area contributed by atoms with E-state index in [1.807, 2.05) is 32.0 Å². The van der Waals surface area contributed by atoms with Crippen molar-refractivity contribution in [1.82, 2.24) is 9.88 Å². The van der Waals surface area contributed by atoms with E-state index in [0.717, 1.165) is 53.4 Å². The normalized spacial score (nSPS) is 20.5. The van der Waals surface area contributed by atoms with Gasteiger partial charge in [0.2, 0.25) is 0 Å². The molecule has 2 atom stereocenters. The average Bonchev–Trinajstić information content (AvgIpc) is 3.11. The molecule has 0 N–H and O–H groups in total. The zero-order valence-electron chi connectivity index (χ0n) is 18.9. The number of carbonyl (C=O) groups excluding carboxylic acids is 2. The van der Waals surface area contributed by atoms with Gasteiger partial charge in [-0.1, -0.05) is 11.6 Å². The average molecular weight is 459 g/mol. The van der Waals surface area contributed by atoms with Crippen LogP contribution in [0.2, 0.25) is 0 Å². The molecule has 2 aliphatic rings. The molecule has 7 nitrogen and oxygen atoms in total. The Morgan fingerprint density at radius 3 is 2.69 bits per heavy atom. The van der Waals surface area contributed by atoms with E-state index in [0.29, 0.717) is 18.5 Å². The zero-order valence-corrected chi connectivity index (χ0v) is 19.7. The van der Waals surface area contributed by atoms with Crippen LogP contribution in [0.5, 0.6) is 0 Å². The van der Waals surface area contributed by atoms with Gasteiger partial charge in [0.15, 0.2) is 15.9 Å². The van der Waals surface area contributed by atoms with E-state index >= 15 is 0 Å². The number of benzene rings is 1. The molecule has 0 unspecified atom stereocenters. The van der Waals surface area contributed by atoms with Crippen LogP contribution in [0.25, 0.3) is 10.9 Å². The third-order valence-electron chi connectivity index (χ3n) is 6.53. The van der Waals surface area contributed by atoms with Crippen LogP contribution in [-0.4, -0.2) is 60.4 Å². The Kier molecular flexibility index (Phi) is 6.25. The molecule has 32 heavy (non-hydrogen) atoms. The molecule has 4 rings (SSSR count). The summed E-state index contributed by atoms with van der Waals surface area (Å²) in [6, 6.07) is 5.48. The van der Waals surface area contributed by atoms with Gasteiger partial charge in [0.05, 0.1) is 22.6 Å². The lowest BCUT2D eigenvalue weighted by molar-refractivity contribution is -0.141. The number of carbonyl (C=O) groups is 2. The van der Waals surface area contributed by atoms with E-state index in [2.05, 4.69) is 0 Å². The largest absolute Gasteiger partial charge is 0.449 e. The molecule has 1 aromatic heterocycles. The lowest BCUT2D eigenvalue weighted by atomic mass is 9.89. The van der Waals surface area contributed by atoms with Crippen LogP contribution in [0, 0.1) is 6.92 Å². The molecule has 1 saturated heterocycles. The molecular weight excluding hydrogens is 428 g/mol. The third-order valence-corrected chi connectivity index (χ3v) is 8.28. The van der Waals surface area contributed by atoms with E-state index in [-0.39, 0.29) is 23.5 Å². The van der Waals surface area contributed by atoms with Crippen LogP contribution >= 0.6 is 0 Å². The Labute approximate surface area is 189 Å². The number of esters is 1. The van der Waals surface area contributed by atoms with Crippen molar-refractivity contribution in [2.45, 2.75) is 65.0 Å². The number of rotatable bonds is 5. The molecule has 8 heteroatoms. The minimum atomic E-state index is -3.12. The van der Waals surface area contributed by atoms with Gasteiger partial charge in [-0.3, -0.25) is 9.78 Å². The topological polar surface area (TPSA) is 93.6 Å². The van der Waals surface area contributed by atoms with Crippen molar-refractivity contribution in [3.63, 3.8) is 0 Å². The van der Waals surface area contributed by atoms with Crippen LogP contribution in [0.1, 0.15) is 60.3 Å². The maximum absolute atomic E-state index is 13.4. The molecule has 1 aliphatic carbocycles. The van der Waals surface area contributed by atoms with Crippen LogP contribution in [0.3, 0.4) is 0 Å². The fraction of sp³-hybridized carbons (Fsp3) is 0.542. The molecule has 2 aromatic rings. The summed E-state index contributed by atoms with van der Waals surface area (Å²) >= 11 is 0. The summed E-state index contributed by atoms with van der Waals surface area (Å²) in [5.74, 6) is -0.817. The molecule has 2 heterocycles. The third kappa shape index (κ3) is 4.37. The summed E-state index contributed by atoms with van der Waals surface area (Å²) < 4.78 is 29.5.